The van der Waals surface area contributed by atoms with Crippen LogP contribution in [-0.4, -0.2) is 19.5 Å². The fourth-order valence-electron chi connectivity index (χ4n) is 9.37. The SMILES string of the molecule is c1ccc(-c2ccc3c(c2)c2ccccc2n3-c2ccc3c(c2)oc2cccc(-c4nc(-c5ccccc5)nc(-c5ccc6c(c5)oc5cccc(-c7ccccc7)c56)n4)c23)cc1. The van der Waals surface area contributed by atoms with Gasteiger partial charge in [-0.1, -0.05) is 146 Å². The third-order valence-electron chi connectivity index (χ3n) is 12.3. The minimum absolute atomic E-state index is 0.554. The molecule has 0 amide bonds. The minimum Gasteiger partial charge on any atom is -0.456 e. The van der Waals surface area contributed by atoms with Crippen LogP contribution < -0.4 is 0 Å². The van der Waals surface area contributed by atoms with Crippen molar-refractivity contribution in [2.45, 2.75) is 0 Å². The van der Waals surface area contributed by atoms with E-state index in [2.05, 4.69) is 144 Å². The van der Waals surface area contributed by atoms with Gasteiger partial charge in [0, 0.05) is 60.8 Å². The Morgan fingerprint density at radius 2 is 0.857 bits per heavy atom. The van der Waals surface area contributed by atoms with Crippen LogP contribution in [-0.2, 0) is 0 Å². The predicted molar refractivity (Wildman–Crippen MR) is 256 cm³/mol. The third kappa shape index (κ3) is 5.69. The number of furan rings is 2. The normalized spacial score (nSPS) is 11.8. The van der Waals surface area contributed by atoms with E-state index in [-0.39, 0.29) is 0 Å². The van der Waals surface area contributed by atoms with Gasteiger partial charge in [-0.15, -0.1) is 0 Å². The second-order valence-corrected chi connectivity index (χ2v) is 15.9. The maximum atomic E-state index is 6.71. The Labute approximate surface area is 361 Å². The molecule has 0 radical (unpaired) electrons. The molecule has 4 heterocycles. The molecular weight excluding hydrogens is 773 g/mol. The first-order valence-electron chi connectivity index (χ1n) is 21.1. The highest BCUT2D eigenvalue weighted by atomic mass is 16.3. The molecule has 63 heavy (non-hydrogen) atoms. The van der Waals surface area contributed by atoms with Crippen molar-refractivity contribution in [3.05, 3.63) is 206 Å². The van der Waals surface area contributed by atoms with Gasteiger partial charge in [0.05, 0.1) is 11.0 Å². The summed E-state index contributed by atoms with van der Waals surface area (Å²) < 4.78 is 15.6. The van der Waals surface area contributed by atoms with Crippen LogP contribution >= 0.6 is 0 Å². The summed E-state index contributed by atoms with van der Waals surface area (Å²) in [4.78, 5) is 15.4. The quantitative estimate of drug-likeness (QED) is 0.167. The zero-order valence-corrected chi connectivity index (χ0v) is 33.7. The van der Waals surface area contributed by atoms with Crippen LogP contribution in [0.5, 0.6) is 0 Å². The molecular formula is C57H34N4O2. The Morgan fingerprint density at radius 1 is 0.302 bits per heavy atom. The Bertz CT molecular complexity index is 3900. The summed E-state index contributed by atoms with van der Waals surface area (Å²) in [7, 11) is 0. The molecule has 0 saturated carbocycles. The number of para-hydroxylation sites is 1. The molecule has 13 rings (SSSR count). The predicted octanol–water partition coefficient (Wildman–Crippen LogP) is 15.1. The number of fused-ring (bicyclic) bond motifs is 9. The molecule has 0 aliphatic heterocycles. The molecule has 0 atom stereocenters. The molecule has 0 saturated heterocycles. The Kier molecular flexibility index (Phi) is 7.80. The first-order valence-corrected chi connectivity index (χ1v) is 21.1. The van der Waals surface area contributed by atoms with Crippen LogP contribution in [0.1, 0.15) is 0 Å². The zero-order chi connectivity index (χ0) is 41.4. The lowest BCUT2D eigenvalue weighted by atomic mass is 9.99. The summed E-state index contributed by atoms with van der Waals surface area (Å²) in [6.07, 6.45) is 0. The number of nitrogens with zero attached hydrogens (tertiary/aromatic N) is 4. The van der Waals surface area contributed by atoms with E-state index < -0.39 is 0 Å². The van der Waals surface area contributed by atoms with Gasteiger partial charge in [0.1, 0.15) is 22.3 Å². The summed E-state index contributed by atoms with van der Waals surface area (Å²) in [5, 5.41) is 6.47. The number of aromatic nitrogens is 4. The average Bonchev–Trinajstić information content (AvgIpc) is 4.03. The highest BCUT2D eigenvalue weighted by molar-refractivity contribution is 6.15. The average molecular weight is 807 g/mol. The van der Waals surface area contributed by atoms with Crippen LogP contribution in [0.25, 0.3) is 128 Å². The van der Waals surface area contributed by atoms with E-state index in [1.54, 1.807) is 0 Å². The smallest absolute Gasteiger partial charge is 0.164 e. The van der Waals surface area contributed by atoms with Gasteiger partial charge in [-0.3, -0.25) is 0 Å². The minimum atomic E-state index is 0.554. The van der Waals surface area contributed by atoms with E-state index >= 15 is 0 Å². The molecule has 294 valence electrons. The molecule has 13 aromatic rings. The highest BCUT2D eigenvalue weighted by Crippen LogP contribution is 2.41. The molecule has 0 unspecified atom stereocenters. The molecule has 9 aromatic carbocycles. The molecule has 0 N–H and O–H groups in total. The summed E-state index contributed by atoms with van der Waals surface area (Å²) in [5.74, 6) is 1.70. The Hall–Kier alpha value is -8.61. The number of hydrogen-bond acceptors (Lipinski definition) is 5. The molecule has 0 aliphatic carbocycles. The van der Waals surface area contributed by atoms with E-state index in [9.17, 15) is 0 Å². The first kappa shape index (κ1) is 35.2. The van der Waals surface area contributed by atoms with Crippen molar-refractivity contribution in [1.29, 1.82) is 0 Å². The summed E-state index contributed by atoms with van der Waals surface area (Å²) >= 11 is 0. The van der Waals surface area contributed by atoms with Gasteiger partial charge in [0.25, 0.3) is 0 Å². The van der Waals surface area contributed by atoms with Gasteiger partial charge in [0.2, 0.25) is 0 Å². The maximum absolute atomic E-state index is 6.71. The first-order chi connectivity index (χ1) is 31.2. The van der Waals surface area contributed by atoms with Gasteiger partial charge >= 0.3 is 0 Å². The zero-order valence-electron chi connectivity index (χ0n) is 33.7. The number of rotatable bonds is 6. The Morgan fingerprint density at radius 3 is 1.60 bits per heavy atom. The highest BCUT2D eigenvalue weighted by Gasteiger charge is 2.21. The maximum Gasteiger partial charge on any atom is 0.164 e. The van der Waals surface area contributed by atoms with Crippen molar-refractivity contribution in [1.82, 2.24) is 19.5 Å². The van der Waals surface area contributed by atoms with Crippen LogP contribution in [0, 0.1) is 0 Å². The lowest BCUT2D eigenvalue weighted by Gasteiger charge is -2.10. The number of benzene rings is 9. The van der Waals surface area contributed by atoms with Crippen molar-refractivity contribution in [2.24, 2.45) is 0 Å². The van der Waals surface area contributed by atoms with Gasteiger partial charge < -0.3 is 13.4 Å². The van der Waals surface area contributed by atoms with E-state index in [1.807, 2.05) is 66.7 Å². The molecule has 6 heteroatoms. The fraction of sp³-hybridized carbons (Fsp3) is 0. The van der Waals surface area contributed by atoms with E-state index in [0.29, 0.717) is 17.5 Å². The van der Waals surface area contributed by atoms with Crippen molar-refractivity contribution in [3.8, 4) is 62.1 Å². The van der Waals surface area contributed by atoms with E-state index in [4.69, 9.17) is 23.8 Å². The second kappa shape index (κ2) is 14.0. The van der Waals surface area contributed by atoms with Crippen molar-refractivity contribution in [3.63, 3.8) is 0 Å². The van der Waals surface area contributed by atoms with Crippen molar-refractivity contribution >= 4 is 65.7 Å². The standard InChI is InChI=1S/C57H34N4O2/c1-4-14-35(15-5-1)38-27-31-48-46(32-38)42-20-10-11-23-47(42)61(48)40-28-30-44-52(34-40)63-50-25-13-22-45(54(44)50)57-59-55(37-18-8-3-9-19-37)58-56(60-57)39-26-29-43-51(33-39)62-49-24-12-21-41(53(43)49)36-16-6-2-7-17-36/h1-34H. The molecule has 0 spiro atoms. The van der Waals surface area contributed by atoms with Crippen molar-refractivity contribution in [2.75, 3.05) is 0 Å². The monoisotopic (exact) mass is 806 g/mol. The van der Waals surface area contributed by atoms with Crippen LogP contribution in [0.2, 0.25) is 0 Å². The molecule has 0 aliphatic rings. The van der Waals surface area contributed by atoms with Gasteiger partial charge in [-0.05, 0) is 76.9 Å². The molecule has 6 nitrogen and oxygen atoms in total. The second-order valence-electron chi connectivity index (χ2n) is 15.9. The third-order valence-corrected chi connectivity index (χ3v) is 12.3. The summed E-state index contributed by atoms with van der Waals surface area (Å²) in [6, 6.07) is 71.5. The van der Waals surface area contributed by atoms with Gasteiger partial charge in [0.15, 0.2) is 17.5 Å². The topological polar surface area (TPSA) is 69.9 Å². The van der Waals surface area contributed by atoms with Crippen LogP contribution in [0.3, 0.4) is 0 Å². The van der Waals surface area contributed by atoms with Gasteiger partial charge in [-0.25, -0.2) is 15.0 Å². The molecule has 0 fully saturated rings. The van der Waals surface area contributed by atoms with Crippen LogP contribution in [0.15, 0.2) is 215 Å². The number of hydrogen-bond donors (Lipinski definition) is 0. The van der Waals surface area contributed by atoms with Gasteiger partial charge in [-0.2, -0.15) is 0 Å². The van der Waals surface area contributed by atoms with E-state index in [1.165, 1.54) is 21.9 Å². The molecule has 4 aromatic heterocycles. The fourth-order valence-corrected chi connectivity index (χ4v) is 9.37. The van der Waals surface area contributed by atoms with E-state index in [0.717, 1.165) is 88.4 Å². The molecule has 0 bridgehead atoms. The van der Waals surface area contributed by atoms with Crippen molar-refractivity contribution < 1.29 is 8.83 Å². The lowest BCUT2D eigenvalue weighted by molar-refractivity contribution is 0.668. The summed E-state index contributed by atoms with van der Waals surface area (Å²) in [5.41, 5.74) is 13.7. The summed E-state index contributed by atoms with van der Waals surface area (Å²) in [6.45, 7) is 0. The lowest BCUT2D eigenvalue weighted by Crippen LogP contribution is -2.00. The Balaban J connectivity index is 0.960. The largest absolute Gasteiger partial charge is 0.456 e. The van der Waals surface area contributed by atoms with Crippen LogP contribution in [0.4, 0.5) is 0 Å².